The van der Waals surface area contributed by atoms with E-state index in [1.54, 1.807) is 0 Å². The van der Waals surface area contributed by atoms with E-state index >= 15 is 0 Å². The fraction of sp³-hybridized carbons (Fsp3) is 0.625. The Balaban J connectivity index is 1.13. The maximum Gasteiger partial charge on any atom is 0.119 e. The standard InChI is InChI=1S/C32H48N2O/c1-3-4-5-7-10-27(2)34-23-19-32(20-24-34)35-31-15-13-30(14-16-31)26-33-21-17-29(18-22-33)25-28-11-8-6-9-12-28/h6,8-9,11-16,27,29,32H,3-5,7,10,17-26H2,1-2H3. The van der Waals surface area contributed by atoms with Gasteiger partial charge >= 0.3 is 0 Å². The summed E-state index contributed by atoms with van der Waals surface area (Å²) < 4.78 is 6.37. The van der Waals surface area contributed by atoms with E-state index in [9.17, 15) is 0 Å². The molecule has 35 heavy (non-hydrogen) atoms. The molecule has 2 heterocycles. The van der Waals surface area contributed by atoms with Gasteiger partial charge < -0.3 is 9.64 Å². The normalized spacial score (nSPS) is 19.6. The van der Waals surface area contributed by atoms with E-state index in [4.69, 9.17) is 4.74 Å². The van der Waals surface area contributed by atoms with E-state index in [-0.39, 0.29) is 0 Å². The minimum absolute atomic E-state index is 0.369. The van der Waals surface area contributed by atoms with E-state index in [1.165, 1.54) is 88.7 Å². The Morgan fingerprint density at radius 1 is 0.800 bits per heavy atom. The fourth-order valence-electron chi connectivity index (χ4n) is 5.90. The fourth-order valence-corrected chi connectivity index (χ4v) is 5.90. The molecule has 2 aliphatic heterocycles. The summed E-state index contributed by atoms with van der Waals surface area (Å²) >= 11 is 0. The average molecular weight is 477 g/mol. The van der Waals surface area contributed by atoms with Crippen LogP contribution in [0.1, 0.15) is 82.8 Å². The van der Waals surface area contributed by atoms with Gasteiger partial charge in [-0.05, 0) is 87.7 Å². The number of unbranched alkanes of at least 4 members (excludes halogenated alkanes) is 3. The molecule has 2 saturated heterocycles. The highest BCUT2D eigenvalue weighted by Gasteiger charge is 2.24. The Bertz CT molecular complexity index is 820. The molecule has 0 N–H and O–H groups in total. The van der Waals surface area contributed by atoms with Crippen molar-refractivity contribution in [2.45, 2.75) is 96.7 Å². The van der Waals surface area contributed by atoms with Gasteiger partial charge in [-0.1, -0.05) is 75.1 Å². The van der Waals surface area contributed by atoms with Gasteiger partial charge in [0, 0.05) is 25.7 Å². The van der Waals surface area contributed by atoms with E-state index in [0.717, 1.165) is 37.1 Å². The molecule has 1 unspecified atom stereocenters. The Morgan fingerprint density at radius 3 is 2.20 bits per heavy atom. The maximum absolute atomic E-state index is 6.37. The summed E-state index contributed by atoms with van der Waals surface area (Å²) in [4.78, 5) is 5.30. The second kappa shape index (κ2) is 14.0. The van der Waals surface area contributed by atoms with Crippen molar-refractivity contribution in [3.05, 3.63) is 65.7 Å². The minimum Gasteiger partial charge on any atom is -0.490 e. The quantitative estimate of drug-likeness (QED) is 0.298. The number of hydrogen-bond donors (Lipinski definition) is 0. The van der Waals surface area contributed by atoms with Crippen LogP contribution >= 0.6 is 0 Å². The predicted octanol–water partition coefficient (Wildman–Crippen LogP) is 7.34. The zero-order valence-electron chi connectivity index (χ0n) is 22.3. The van der Waals surface area contributed by atoms with Crippen LogP contribution in [0.2, 0.25) is 0 Å². The molecule has 2 aliphatic rings. The van der Waals surface area contributed by atoms with Crippen molar-refractivity contribution in [1.29, 1.82) is 0 Å². The van der Waals surface area contributed by atoms with Gasteiger partial charge in [0.1, 0.15) is 11.9 Å². The Labute approximate surface area is 214 Å². The lowest BCUT2D eigenvalue weighted by molar-refractivity contribution is 0.0767. The molecular weight excluding hydrogens is 428 g/mol. The topological polar surface area (TPSA) is 15.7 Å². The van der Waals surface area contributed by atoms with Crippen molar-refractivity contribution in [1.82, 2.24) is 9.80 Å². The zero-order chi connectivity index (χ0) is 24.3. The lowest BCUT2D eigenvalue weighted by atomic mass is 9.90. The van der Waals surface area contributed by atoms with Crippen LogP contribution < -0.4 is 4.74 Å². The Hall–Kier alpha value is -1.84. The number of nitrogens with zero attached hydrogens (tertiary/aromatic N) is 2. The van der Waals surface area contributed by atoms with Crippen LogP contribution in [-0.4, -0.2) is 48.1 Å². The molecule has 0 amide bonds. The summed E-state index contributed by atoms with van der Waals surface area (Å²) in [5.41, 5.74) is 2.90. The van der Waals surface area contributed by atoms with Gasteiger partial charge in [0.05, 0.1) is 0 Å². The van der Waals surface area contributed by atoms with Crippen LogP contribution in [0, 0.1) is 5.92 Å². The van der Waals surface area contributed by atoms with Crippen LogP contribution in [-0.2, 0) is 13.0 Å². The predicted molar refractivity (Wildman–Crippen MR) is 148 cm³/mol. The van der Waals surface area contributed by atoms with Gasteiger partial charge in [-0.2, -0.15) is 0 Å². The van der Waals surface area contributed by atoms with Crippen LogP contribution in [0.5, 0.6) is 5.75 Å². The molecule has 2 aromatic rings. The first kappa shape index (κ1) is 26.2. The highest BCUT2D eigenvalue weighted by atomic mass is 16.5. The number of likely N-dealkylation sites (tertiary alicyclic amines) is 2. The Morgan fingerprint density at radius 2 is 1.51 bits per heavy atom. The van der Waals surface area contributed by atoms with Crippen molar-refractivity contribution in [3.63, 3.8) is 0 Å². The first-order chi connectivity index (χ1) is 17.2. The summed E-state index contributed by atoms with van der Waals surface area (Å²) in [7, 11) is 0. The molecule has 3 heteroatoms. The van der Waals surface area contributed by atoms with E-state index < -0.39 is 0 Å². The molecule has 4 rings (SSSR count). The molecule has 0 aliphatic carbocycles. The molecule has 0 saturated carbocycles. The summed E-state index contributed by atoms with van der Waals surface area (Å²) in [6.07, 6.45) is 13.4. The molecule has 3 nitrogen and oxygen atoms in total. The number of benzene rings is 2. The first-order valence-corrected chi connectivity index (χ1v) is 14.5. The maximum atomic E-state index is 6.37. The molecule has 0 radical (unpaired) electrons. The van der Waals surface area contributed by atoms with E-state index in [2.05, 4.69) is 78.2 Å². The third kappa shape index (κ3) is 8.65. The largest absolute Gasteiger partial charge is 0.490 e. The zero-order valence-corrected chi connectivity index (χ0v) is 22.3. The minimum atomic E-state index is 0.369. The van der Waals surface area contributed by atoms with Crippen molar-refractivity contribution in [2.75, 3.05) is 26.2 Å². The Kier molecular flexibility index (Phi) is 10.5. The lowest BCUT2D eigenvalue weighted by Gasteiger charge is -2.36. The van der Waals surface area contributed by atoms with Crippen LogP contribution in [0.3, 0.4) is 0 Å². The highest BCUT2D eigenvalue weighted by Crippen LogP contribution is 2.25. The molecule has 2 fully saturated rings. The second-order valence-corrected chi connectivity index (χ2v) is 11.1. The SMILES string of the molecule is CCCCCCC(C)N1CCC(Oc2ccc(CN3CCC(Cc4ccccc4)CC3)cc2)CC1. The number of rotatable bonds is 12. The van der Waals surface area contributed by atoms with Crippen molar-refractivity contribution in [2.24, 2.45) is 5.92 Å². The van der Waals surface area contributed by atoms with E-state index in [0.29, 0.717) is 6.10 Å². The molecule has 0 spiro atoms. The number of piperidine rings is 2. The second-order valence-electron chi connectivity index (χ2n) is 11.1. The van der Waals surface area contributed by atoms with Crippen molar-refractivity contribution in [3.8, 4) is 5.75 Å². The van der Waals surface area contributed by atoms with Gasteiger partial charge in [-0.25, -0.2) is 0 Å². The third-order valence-corrected chi connectivity index (χ3v) is 8.28. The summed E-state index contributed by atoms with van der Waals surface area (Å²) in [6, 6.07) is 20.6. The van der Waals surface area contributed by atoms with Gasteiger partial charge in [0.15, 0.2) is 0 Å². The lowest BCUT2D eigenvalue weighted by Crippen LogP contribution is -2.42. The molecule has 1 atom stereocenters. The van der Waals surface area contributed by atoms with Gasteiger partial charge in [-0.3, -0.25) is 4.90 Å². The molecule has 0 bridgehead atoms. The smallest absolute Gasteiger partial charge is 0.119 e. The number of ether oxygens (including phenoxy) is 1. The molecule has 0 aromatic heterocycles. The molecular formula is C32H48N2O. The first-order valence-electron chi connectivity index (χ1n) is 14.5. The summed E-state index contributed by atoms with van der Waals surface area (Å²) in [5, 5.41) is 0. The van der Waals surface area contributed by atoms with Crippen molar-refractivity contribution < 1.29 is 4.74 Å². The van der Waals surface area contributed by atoms with Crippen LogP contribution in [0.4, 0.5) is 0 Å². The summed E-state index contributed by atoms with van der Waals surface area (Å²) in [5.74, 6) is 1.88. The highest BCUT2D eigenvalue weighted by molar-refractivity contribution is 5.27. The van der Waals surface area contributed by atoms with Crippen LogP contribution in [0.15, 0.2) is 54.6 Å². The van der Waals surface area contributed by atoms with Gasteiger partial charge in [-0.15, -0.1) is 0 Å². The van der Waals surface area contributed by atoms with Crippen LogP contribution in [0.25, 0.3) is 0 Å². The van der Waals surface area contributed by atoms with Crippen molar-refractivity contribution >= 4 is 0 Å². The average Bonchev–Trinajstić information content (AvgIpc) is 2.90. The monoisotopic (exact) mass is 476 g/mol. The number of hydrogen-bond acceptors (Lipinski definition) is 3. The third-order valence-electron chi connectivity index (χ3n) is 8.28. The molecule has 192 valence electrons. The summed E-state index contributed by atoms with van der Waals surface area (Å²) in [6.45, 7) is 10.6. The molecule has 2 aromatic carbocycles. The van der Waals surface area contributed by atoms with E-state index in [1.807, 2.05) is 0 Å². The van der Waals surface area contributed by atoms with Gasteiger partial charge in [0.25, 0.3) is 0 Å². The van der Waals surface area contributed by atoms with Gasteiger partial charge in [0.2, 0.25) is 0 Å².